The van der Waals surface area contributed by atoms with Gasteiger partial charge in [-0.1, -0.05) is 25.5 Å². The van der Waals surface area contributed by atoms with Gasteiger partial charge >= 0.3 is 5.97 Å². The molecule has 0 aliphatic rings. The molecule has 0 bridgehead atoms. The van der Waals surface area contributed by atoms with Crippen molar-refractivity contribution >= 4 is 23.8 Å². The molecule has 0 heterocycles. The predicted molar refractivity (Wildman–Crippen MR) is 91.0 cm³/mol. The van der Waals surface area contributed by atoms with Crippen molar-refractivity contribution < 1.29 is 14.3 Å². The van der Waals surface area contributed by atoms with Gasteiger partial charge in [-0.2, -0.15) is 0 Å². The van der Waals surface area contributed by atoms with Crippen LogP contribution in [0.3, 0.4) is 0 Å². The molecule has 0 fully saturated rings. The number of benzene rings is 2. The van der Waals surface area contributed by atoms with Gasteiger partial charge in [0.1, 0.15) is 0 Å². The summed E-state index contributed by atoms with van der Waals surface area (Å²) in [4.78, 5) is 24.5. The maximum Gasteiger partial charge on any atom is 0.337 e. The molecule has 0 aromatic heterocycles. The molecule has 0 aliphatic carbocycles. The van der Waals surface area contributed by atoms with E-state index in [-0.39, 0.29) is 0 Å². The minimum Gasteiger partial charge on any atom is -0.465 e. The highest BCUT2D eigenvalue weighted by molar-refractivity contribution is 5.91. The van der Waals surface area contributed by atoms with Gasteiger partial charge in [-0.05, 0) is 54.8 Å². The van der Waals surface area contributed by atoms with Crippen LogP contribution in [0.25, 0.3) is 0 Å². The Bertz CT molecular complexity index is 647. The molecule has 120 valence electrons. The number of hydrogen-bond acceptors (Lipinski definition) is 3. The van der Waals surface area contributed by atoms with Crippen LogP contribution in [0.15, 0.2) is 48.5 Å². The third kappa shape index (κ3) is 4.19. The summed E-state index contributed by atoms with van der Waals surface area (Å²) in [6.07, 6.45) is 4.14. The van der Waals surface area contributed by atoms with E-state index in [9.17, 15) is 9.59 Å². The lowest BCUT2D eigenvalue weighted by molar-refractivity contribution is -0.106. The third-order valence-corrected chi connectivity index (χ3v) is 3.71. The van der Waals surface area contributed by atoms with E-state index in [0.717, 1.165) is 31.4 Å². The number of methoxy groups -OCH3 is 1. The summed E-state index contributed by atoms with van der Waals surface area (Å²) in [5, 5.41) is 0. The van der Waals surface area contributed by atoms with Gasteiger partial charge in [0, 0.05) is 11.4 Å². The second kappa shape index (κ2) is 8.13. The van der Waals surface area contributed by atoms with E-state index in [4.69, 9.17) is 0 Å². The number of nitrogens with zero attached hydrogens (tertiary/aromatic N) is 1. The summed E-state index contributed by atoms with van der Waals surface area (Å²) in [5.74, 6) is -0.394. The molecule has 23 heavy (non-hydrogen) atoms. The molecule has 1 amide bonds. The van der Waals surface area contributed by atoms with Gasteiger partial charge in [0.15, 0.2) is 0 Å². The quantitative estimate of drug-likeness (QED) is 0.571. The van der Waals surface area contributed by atoms with E-state index in [1.807, 2.05) is 24.3 Å². The second-order valence-corrected chi connectivity index (χ2v) is 5.28. The highest BCUT2D eigenvalue weighted by atomic mass is 16.5. The molecule has 0 unspecified atom stereocenters. The Morgan fingerprint density at radius 2 is 1.61 bits per heavy atom. The fourth-order valence-corrected chi connectivity index (χ4v) is 2.35. The van der Waals surface area contributed by atoms with Gasteiger partial charge in [-0.3, -0.25) is 9.69 Å². The van der Waals surface area contributed by atoms with Gasteiger partial charge in [0.25, 0.3) is 0 Å². The van der Waals surface area contributed by atoms with Gasteiger partial charge < -0.3 is 4.74 Å². The minimum atomic E-state index is -0.394. The molecule has 0 spiro atoms. The van der Waals surface area contributed by atoms with Crippen molar-refractivity contribution in [2.24, 2.45) is 0 Å². The number of anilines is 2. The molecule has 0 aliphatic heterocycles. The molecule has 0 radical (unpaired) electrons. The average Bonchev–Trinajstić information content (AvgIpc) is 2.61. The zero-order valence-electron chi connectivity index (χ0n) is 13.5. The number of carbonyl (C=O) groups is 2. The molecule has 0 saturated heterocycles. The number of aryl methyl sites for hydroxylation is 1. The molecular formula is C19H21NO3. The molecular weight excluding hydrogens is 290 g/mol. The zero-order valence-corrected chi connectivity index (χ0v) is 13.5. The summed E-state index contributed by atoms with van der Waals surface area (Å²) in [6.45, 7) is 2.17. The molecule has 4 heteroatoms. The fraction of sp³-hybridized carbons (Fsp3) is 0.263. The van der Waals surface area contributed by atoms with E-state index < -0.39 is 5.97 Å². The van der Waals surface area contributed by atoms with Gasteiger partial charge in [0.2, 0.25) is 6.41 Å². The van der Waals surface area contributed by atoms with Crippen LogP contribution >= 0.6 is 0 Å². The highest BCUT2D eigenvalue weighted by Crippen LogP contribution is 2.25. The van der Waals surface area contributed by atoms with E-state index >= 15 is 0 Å². The average molecular weight is 311 g/mol. The van der Waals surface area contributed by atoms with Crippen LogP contribution in [0.5, 0.6) is 0 Å². The van der Waals surface area contributed by atoms with E-state index in [2.05, 4.69) is 11.7 Å². The molecule has 0 saturated carbocycles. The molecule has 2 aromatic rings. The maximum absolute atomic E-state index is 11.5. The van der Waals surface area contributed by atoms with Crippen LogP contribution in [-0.4, -0.2) is 19.5 Å². The lowest BCUT2D eigenvalue weighted by Crippen LogP contribution is -2.14. The predicted octanol–water partition coefficient (Wildman–Crippen LogP) is 4.11. The number of esters is 1. The first kappa shape index (κ1) is 16.7. The SMILES string of the molecule is CCCCc1ccc(N(C=O)c2ccc(C(=O)OC)cc2)cc1. The van der Waals surface area contributed by atoms with Crippen molar-refractivity contribution in [2.75, 3.05) is 12.0 Å². The van der Waals surface area contributed by atoms with E-state index in [1.54, 1.807) is 29.2 Å². The van der Waals surface area contributed by atoms with E-state index in [0.29, 0.717) is 11.3 Å². The van der Waals surface area contributed by atoms with Crippen molar-refractivity contribution in [1.82, 2.24) is 0 Å². The van der Waals surface area contributed by atoms with Crippen molar-refractivity contribution in [2.45, 2.75) is 26.2 Å². The van der Waals surface area contributed by atoms with Crippen LogP contribution in [0.1, 0.15) is 35.7 Å². The zero-order chi connectivity index (χ0) is 16.7. The third-order valence-electron chi connectivity index (χ3n) is 3.71. The number of rotatable bonds is 7. The second-order valence-electron chi connectivity index (χ2n) is 5.28. The molecule has 0 atom stereocenters. The van der Waals surface area contributed by atoms with Crippen molar-refractivity contribution in [3.63, 3.8) is 0 Å². The Kier molecular flexibility index (Phi) is 5.92. The minimum absolute atomic E-state index is 0.394. The summed E-state index contributed by atoms with van der Waals surface area (Å²) in [5.41, 5.74) is 3.22. The Morgan fingerprint density at radius 1 is 1.04 bits per heavy atom. The van der Waals surface area contributed by atoms with Crippen LogP contribution in [0.2, 0.25) is 0 Å². The first-order valence-electron chi connectivity index (χ1n) is 7.71. The Morgan fingerprint density at radius 3 is 2.09 bits per heavy atom. The summed E-state index contributed by atoms with van der Waals surface area (Å²) in [6, 6.07) is 14.7. The Balaban J connectivity index is 2.18. The normalized spacial score (nSPS) is 10.2. The van der Waals surface area contributed by atoms with Crippen molar-refractivity contribution in [3.05, 3.63) is 59.7 Å². The van der Waals surface area contributed by atoms with Crippen LogP contribution in [-0.2, 0) is 16.0 Å². The lowest BCUT2D eigenvalue weighted by atomic mass is 10.1. The van der Waals surface area contributed by atoms with Gasteiger partial charge in [-0.25, -0.2) is 4.79 Å². The summed E-state index contributed by atoms with van der Waals surface area (Å²) >= 11 is 0. The summed E-state index contributed by atoms with van der Waals surface area (Å²) in [7, 11) is 1.34. The fourth-order valence-electron chi connectivity index (χ4n) is 2.35. The first-order valence-corrected chi connectivity index (χ1v) is 7.71. The van der Waals surface area contributed by atoms with E-state index in [1.165, 1.54) is 12.7 Å². The molecule has 0 N–H and O–H groups in total. The topological polar surface area (TPSA) is 46.6 Å². The van der Waals surface area contributed by atoms with Crippen molar-refractivity contribution in [1.29, 1.82) is 0 Å². The number of hydrogen-bond donors (Lipinski definition) is 0. The monoisotopic (exact) mass is 311 g/mol. The highest BCUT2D eigenvalue weighted by Gasteiger charge is 2.10. The number of unbranched alkanes of at least 4 members (excludes halogenated alkanes) is 1. The molecule has 4 nitrogen and oxygen atoms in total. The Labute approximate surface area is 136 Å². The van der Waals surface area contributed by atoms with Gasteiger partial charge in [0.05, 0.1) is 12.7 Å². The summed E-state index contributed by atoms with van der Waals surface area (Å²) < 4.78 is 4.67. The smallest absolute Gasteiger partial charge is 0.337 e. The number of carbonyl (C=O) groups excluding carboxylic acids is 2. The largest absolute Gasteiger partial charge is 0.465 e. The number of ether oxygens (including phenoxy) is 1. The van der Waals surface area contributed by atoms with Crippen LogP contribution in [0.4, 0.5) is 11.4 Å². The standard InChI is InChI=1S/C19H21NO3/c1-3-4-5-15-6-10-17(11-7-15)20(14-21)18-12-8-16(9-13-18)19(22)23-2/h6-14H,3-5H2,1-2H3. The van der Waals surface area contributed by atoms with Crippen LogP contribution < -0.4 is 4.90 Å². The first-order chi connectivity index (χ1) is 11.2. The van der Waals surface area contributed by atoms with Crippen molar-refractivity contribution in [3.8, 4) is 0 Å². The van der Waals surface area contributed by atoms with Gasteiger partial charge in [-0.15, -0.1) is 0 Å². The molecule has 2 aromatic carbocycles. The lowest BCUT2D eigenvalue weighted by Gasteiger charge is -2.18. The van der Waals surface area contributed by atoms with Crippen LogP contribution in [0, 0.1) is 0 Å². The Hall–Kier alpha value is -2.62. The maximum atomic E-state index is 11.5. The molecule has 2 rings (SSSR count). The number of amides is 1.